The highest BCUT2D eigenvalue weighted by atomic mass is 79.9. The summed E-state index contributed by atoms with van der Waals surface area (Å²) in [6.07, 6.45) is 1.30. The second-order valence-corrected chi connectivity index (χ2v) is 7.10. The molecule has 1 aliphatic heterocycles. The number of hydrogen-bond acceptors (Lipinski definition) is 6. The van der Waals surface area contributed by atoms with Crippen molar-refractivity contribution in [3.63, 3.8) is 0 Å². The first-order chi connectivity index (χ1) is 8.78. The molecule has 0 saturated heterocycles. The van der Waals surface area contributed by atoms with Gasteiger partial charge in [0.25, 0.3) is 0 Å². The summed E-state index contributed by atoms with van der Waals surface area (Å²) < 4.78 is 30.7. The van der Waals surface area contributed by atoms with E-state index in [1.54, 1.807) is 13.8 Å². The van der Waals surface area contributed by atoms with Crippen LogP contribution in [0.2, 0.25) is 0 Å². The number of carbonyl (C=O) groups is 2. The van der Waals surface area contributed by atoms with Gasteiger partial charge >= 0.3 is 11.9 Å². The van der Waals surface area contributed by atoms with Gasteiger partial charge in [0, 0.05) is 11.3 Å². The summed E-state index contributed by atoms with van der Waals surface area (Å²) in [6.45, 7) is 3.35. The van der Waals surface area contributed by atoms with Crippen molar-refractivity contribution in [3.8, 4) is 0 Å². The Morgan fingerprint density at radius 1 is 1.26 bits per heavy atom. The summed E-state index contributed by atoms with van der Waals surface area (Å²) in [7, 11) is -3.40. The molecule has 0 bridgehead atoms. The number of rotatable bonds is 5. The lowest BCUT2D eigenvalue weighted by Gasteiger charge is -2.27. The monoisotopic (exact) mass is 354 g/mol. The highest BCUT2D eigenvalue weighted by molar-refractivity contribution is 9.10. The van der Waals surface area contributed by atoms with Gasteiger partial charge in [-0.1, -0.05) is 22.0 Å². The van der Waals surface area contributed by atoms with Crippen molar-refractivity contribution in [1.29, 1.82) is 0 Å². The molecule has 0 aromatic rings. The smallest absolute Gasteiger partial charge is 0.335 e. The van der Waals surface area contributed by atoms with Crippen molar-refractivity contribution >= 4 is 37.7 Å². The molecule has 0 aliphatic carbocycles. The number of ether oxygens (including phenoxy) is 2. The molecule has 1 aliphatic rings. The fraction of sp³-hybridized carbons (Fsp3) is 0.636. The van der Waals surface area contributed by atoms with Crippen LogP contribution in [0.4, 0.5) is 0 Å². The Bertz CT molecular complexity index is 477. The molecule has 6 nitrogen and oxygen atoms in total. The molecule has 19 heavy (non-hydrogen) atoms. The van der Waals surface area contributed by atoms with Gasteiger partial charge in [0.2, 0.25) is 4.32 Å². The van der Waals surface area contributed by atoms with Gasteiger partial charge in [-0.15, -0.1) is 0 Å². The minimum atomic E-state index is -3.40. The summed E-state index contributed by atoms with van der Waals surface area (Å²) >= 11 is 3.03. The van der Waals surface area contributed by atoms with Gasteiger partial charge in [-0.2, -0.15) is 0 Å². The normalized spacial score (nSPS) is 21.1. The number of allylic oxidation sites excluding steroid dienone is 1. The summed E-state index contributed by atoms with van der Waals surface area (Å²) in [5.74, 6) is -2.88. The van der Waals surface area contributed by atoms with Gasteiger partial charge in [0.15, 0.2) is 9.84 Å². The molecule has 0 N–H and O–H groups in total. The molecular formula is C11H15BrO6S. The molecule has 0 spiro atoms. The predicted molar refractivity (Wildman–Crippen MR) is 71.3 cm³/mol. The van der Waals surface area contributed by atoms with Crippen molar-refractivity contribution in [3.05, 3.63) is 11.5 Å². The maximum atomic E-state index is 12.0. The van der Waals surface area contributed by atoms with Gasteiger partial charge in [-0.25, -0.2) is 18.0 Å². The van der Waals surface area contributed by atoms with E-state index in [-0.39, 0.29) is 19.0 Å². The van der Waals surface area contributed by atoms with E-state index in [1.165, 1.54) is 6.08 Å². The number of hydrogen-bond donors (Lipinski definition) is 0. The van der Waals surface area contributed by atoms with E-state index in [0.29, 0.717) is 0 Å². The molecule has 0 aromatic carbocycles. The first-order valence-corrected chi connectivity index (χ1v) is 8.23. The third-order valence-electron chi connectivity index (χ3n) is 2.59. The zero-order valence-corrected chi connectivity index (χ0v) is 13.0. The maximum Gasteiger partial charge on any atom is 0.335 e. The highest BCUT2D eigenvalue weighted by Gasteiger charge is 2.54. The largest absolute Gasteiger partial charge is 0.464 e. The molecule has 0 fully saturated rings. The molecule has 1 heterocycles. The van der Waals surface area contributed by atoms with Crippen LogP contribution in [-0.2, 0) is 28.9 Å². The second-order valence-electron chi connectivity index (χ2n) is 3.92. The molecule has 8 heteroatoms. The summed E-state index contributed by atoms with van der Waals surface area (Å²) in [5, 5.41) is 0.992. The lowest BCUT2D eigenvalue weighted by molar-refractivity contribution is -0.159. The van der Waals surface area contributed by atoms with Crippen molar-refractivity contribution in [1.82, 2.24) is 0 Å². The number of alkyl halides is 1. The van der Waals surface area contributed by atoms with Crippen LogP contribution in [0.25, 0.3) is 0 Å². The van der Waals surface area contributed by atoms with Crippen LogP contribution in [0.5, 0.6) is 0 Å². The molecule has 0 saturated carbocycles. The first-order valence-electron chi connectivity index (χ1n) is 5.72. The van der Waals surface area contributed by atoms with Gasteiger partial charge in [0.05, 0.1) is 19.0 Å². The first kappa shape index (κ1) is 16.2. The zero-order valence-electron chi connectivity index (χ0n) is 10.6. The fourth-order valence-electron chi connectivity index (χ4n) is 1.68. The molecule has 0 aromatic heterocycles. The zero-order chi connectivity index (χ0) is 14.7. The summed E-state index contributed by atoms with van der Waals surface area (Å²) in [6, 6.07) is 0. The molecular weight excluding hydrogens is 340 g/mol. The van der Waals surface area contributed by atoms with Crippen molar-refractivity contribution in [2.45, 2.75) is 18.2 Å². The van der Waals surface area contributed by atoms with E-state index in [1.807, 2.05) is 0 Å². The molecule has 108 valence electrons. The Morgan fingerprint density at radius 2 is 1.74 bits per heavy atom. The average Bonchev–Trinajstić information content (AvgIpc) is 2.69. The number of halogens is 1. The SMILES string of the molecule is CCOC(=O)C(Br)(C(=O)OCC)C1C=CS(=O)(=O)C1. The molecule has 1 unspecified atom stereocenters. The Kier molecular flexibility index (Phi) is 5.14. The standard InChI is InChI=1S/C11H15BrO6S/c1-3-17-9(13)11(12,10(14)18-4-2)8-5-6-19(15,16)7-8/h5-6,8H,3-4,7H2,1-2H3. The van der Waals surface area contributed by atoms with Crippen molar-refractivity contribution in [2.75, 3.05) is 19.0 Å². The Morgan fingerprint density at radius 3 is 2.05 bits per heavy atom. The quantitative estimate of drug-likeness (QED) is 0.412. The summed E-state index contributed by atoms with van der Waals surface area (Å²) in [4.78, 5) is 24.0. The van der Waals surface area contributed by atoms with Crippen molar-refractivity contribution in [2.24, 2.45) is 5.92 Å². The average molecular weight is 355 g/mol. The van der Waals surface area contributed by atoms with E-state index in [0.717, 1.165) is 5.41 Å². The maximum absolute atomic E-state index is 12.0. The van der Waals surface area contributed by atoms with E-state index in [9.17, 15) is 18.0 Å². The van der Waals surface area contributed by atoms with Gasteiger partial charge in [-0.05, 0) is 13.8 Å². The van der Waals surface area contributed by atoms with Crippen LogP contribution in [0, 0.1) is 5.92 Å². The van der Waals surface area contributed by atoms with E-state index < -0.39 is 32.0 Å². The topological polar surface area (TPSA) is 86.7 Å². The lowest BCUT2D eigenvalue weighted by Crippen LogP contribution is -2.49. The number of sulfone groups is 1. The Labute approximate surface area is 120 Å². The minimum Gasteiger partial charge on any atom is -0.464 e. The van der Waals surface area contributed by atoms with Crippen LogP contribution in [0.15, 0.2) is 11.5 Å². The van der Waals surface area contributed by atoms with E-state index >= 15 is 0 Å². The van der Waals surface area contributed by atoms with Crippen LogP contribution in [0.3, 0.4) is 0 Å². The summed E-state index contributed by atoms with van der Waals surface area (Å²) in [5.41, 5.74) is 0. The van der Waals surface area contributed by atoms with E-state index in [4.69, 9.17) is 9.47 Å². The minimum absolute atomic E-state index is 0.0781. The lowest BCUT2D eigenvalue weighted by atomic mass is 9.94. The molecule has 0 radical (unpaired) electrons. The highest BCUT2D eigenvalue weighted by Crippen LogP contribution is 2.36. The van der Waals surface area contributed by atoms with Crippen molar-refractivity contribution < 1.29 is 27.5 Å². The van der Waals surface area contributed by atoms with Gasteiger partial charge in [-0.3, -0.25) is 0 Å². The van der Waals surface area contributed by atoms with E-state index in [2.05, 4.69) is 15.9 Å². The van der Waals surface area contributed by atoms with Crippen LogP contribution < -0.4 is 0 Å². The third-order valence-corrected chi connectivity index (χ3v) is 5.22. The van der Waals surface area contributed by atoms with Crippen LogP contribution in [0.1, 0.15) is 13.8 Å². The van der Waals surface area contributed by atoms with Crippen LogP contribution in [-0.4, -0.2) is 43.6 Å². The Hall–Kier alpha value is -0.890. The fourth-order valence-corrected chi connectivity index (χ4v) is 3.84. The molecule has 1 rings (SSSR count). The van der Waals surface area contributed by atoms with Gasteiger partial charge in [0.1, 0.15) is 0 Å². The third kappa shape index (κ3) is 3.36. The number of esters is 2. The number of carbonyl (C=O) groups excluding carboxylic acids is 2. The van der Waals surface area contributed by atoms with Crippen LogP contribution >= 0.6 is 15.9 Å². The molecule has 0 amide bonds. The molecule has 1 atom stereocenters. The van der Waals surface area contributed by atoms with Gasteiger partial charge < -0.3 is 9.47 Å². The second kappa shape index (κ2) is 6.04. The Balaban J connectivity index is 3.10. The predicted octanol–water partition coefficient (Wildman–Crippen LogP) is 0.805.